The van der Waals surface area contributed by atoms with Crippen LogP contribution in [-0.2, 0) is 22.4 Å². The number of aromatic nitrogens is 2. The molecule has 0 unspecified atom stereocenters. The predicted octanol–water partition coefficient (Wildman–Crippen LogP) is 5.99. The molecule has 3 aromatic rings. The largest absolute Gasteiger partial charge is 0.461 e. The van der Waals surface area contributed by atoms with Crippen LogP contribution in [0.15, 0.2) is 48.5 Å². The van der Waals surface area contributed by atoms with Crippen molar-refractivity contribution in [3.63, 3.8) is 0 Å². The van der Waals surface area contributed by atoms with Crippen molar-refractivity contribution in [1.29, 1.82) is 0 Å². The van der Waals surface area contributed by atoms with Gasteiger partial charge in [0.05, 0.1) is 17.9 Å². The number of esters is 2. The second-order valence-electron chi connectivity index (χ2n) is 9.26. The van der Waals surface area contributed by atoms with Crippen LogP contribution in [0.4, 0.5) is 0 Å². The summed E-state index contributed by atoms with van der Waals surface area (Å²) in [4.78, 5) is 30.0. The second kappa shape index (κ2) is 10.7. The first-order chi connectivity index (χ1) is 16.1. The first-order valence-electron chi connectivity index (χ1n) is 11.8. The molecule has 0 radical (unpaired) electrons. The summed E-state index contributed by atoms with van der Waals surface area (Å²) in [7, 11) is 0. The quantitative estimate of drug-likeness (QED) is 0.385. The van der Waals surface area contributed by atoms with Gasteiger partial charge in [0.15, 0.2) is 5.69 Å². The minimum absolute atomic E-state index is 0.318. The summed E-state index contributed by atoms with van der Waals surface area (Å²) in [5.74, 6) is 0.185. The molecule has 0 N–H and O–H groups in total. The zero-order chi connectivity index (χ0) is 24.9. The Morgan fingerprint density at radius 2 is 1.65 bits per heavy atom. The zero-order valence-corrected chi connectivity index (χ0v) is 21.0. The van der Waals surface area contributed by atoms with E-state index in [0.29, 0.717) is 30.1 Å². The third-order valence-electron chi connectivity index (χ3n) is 5.31. The maximum Gasteiger partial charge on any atom is 0.356 e. The Labute approximate surface area is 201 Å². The topological polar surface area (TPSA) is 70.4 Å². The molecule has 0 saturated carbocycles. The zero-order valence-electron chi connectivity index (χ0n) is 21.0. The van der Waals surface area contributed by atoms with E-state index in [1.54, 1.807) is 13.0 Å². The number of aryl methyl sites for hydroxylation is 2. The Balaban J connectivity index is 1.92. The highest BCUT2D eigenvalue weighted by molar-refractivity contribution is 5.97. The normalized spacial score (nSPS) is 11.4. The van der Waals surface area contributed by atoms with Crippen molar-refractivity contribution < 1.29 is 19.1 Å². The van der Waals surface area contributed by atoms with Crippen LogP contribution in [0, 0.1) is 6.92 Å². The van der Waals surface area contributed by atoms with Crippen LogP contribution < -0.4 is 0 Å². The first-order valence-corrected chi connectivity index (χ1v) is 11.8. The molecule has 0 aliphatic carbocycles. The molecule has 0 amide bonds. The fourth-order valence-electron chi connectivity index (χ4n) is 3.89. The molecule has 0 spiro atoms. The van der Waals surface area contributed by atoms with Crippen LogP contribution in [-0.4, -0.2) is 33.7 Å². The molecule has 0 aliphatic heterocycles. The Kier molecular flexibility index (Phi) is 7.92. The average molecular weight is 463 g/mol. The number of hydrogen-bond donors (Lipinski definition) is 0. The van der Waals surface area contributed by atoms with Crippen molar-refractivity contribution in [2.45, 2.75) is 66.5 Å². The monoisotopic (exact) mass is 462 g/mol. The third kappa shape index (κ3) is 5.93. The third-order valence-corrected chi connectivity index (χ3v) is 5.31. The Bertz CT molecular complexity index is 1150. The molecule has 3 rings (SSSR count). The summed E-state index contributed by atoms with van der Waals surface area (Å²) in [5.41, 5.74) is 3.93. The molecular weight excluding hydrogens is 428 g/mol. The summed E-state index contributed by atoms with van der Waals surface area (Å²) in [6, 6.07) is 15.5. The van der Waals surface area contributed by atoms with Crippen LogP contribution in [0.5, 0.6) is 0 Å². The summed E-state index contributed by atoms with van der Waals surface area (Å²) < 4.78 is 12.8. The van der Waals surface area contributed by atoms with E-state index < -0.39 is 5.60 Å². The van der Waals surface area contributed by atoms with Crippen molar-refractivity contribution in [1.82, 2.24) is 9.55 Å². The lowest BCUT2D eigenvalue weighted by molar-refractivity contribution is 0.00702. The van der Waals surface area contributed by atoms with E-state index in [0.717, 1.165) is 35.4 Å². The van der Waals surface area contributed by atoms with Crippen molar-refractivity contribution in [3.05, 3.63) is 76.9 Å². The van der Waals surface area contributed by atoms with Gasteiger partial charge in [-0.25, -0.2) is 14.6 Å². The minimum Gasteiger partial charge on any atom is -0.461 e. The van der Waals surface area contributed by atoms with Crippen LogP contribution in [0.3, 0.4) is 0 Å². The van der Waals surface area contributed by atoms with Gasteiger partial charge >= 0.3 is 11.9 Å². The van der Waals surface area contributed by atoms with Gasteiger partial charge in [0.25, 0.3) is 0 Å². The number of rotatable bonds is 8. The van der Waals surface area contributed by atoms with Gasteiger partial charge in [-0.2, -0.15) is 0 Å². The van der Waals surface area contributed by atoms with E-state index in [1.807, 2.05) is 74.7 Å². The second-order valence-corrected chi connectivity index (χ2v) is 9.26. The molecule has 1 heterocycles. The maximum atomic E-state index is 12.7. The van der Waals surface area contributed by atoms with Crippen molar-refractivity contribution >= 4 is 11.9 Å². The van der Waals surface area contributed by atoms with E-state index in [9.17, 15) is 9.59 Å². The smallest absolute Gasteiger partial charge is 0.356 e. The highest BCUT2D eigenvalue weighted by atomic mass is 16.6. The number of ether oxygens (including phenoxy) is 2. The minimum atomic E-state index is -0.566. The van der Waals surface area contributed by atoms with Crippen molar-refractivity contribution in [3.8, 4) is 11.1 Å². The fourth-order valence-corrected chi connectivity index (χ4v) is 3.89. The van der Waals surface area contributed by atoms with Gasteiger partial charge in [-0.05, 0) is 63.8 Å². The fraction of sp³-hybridized carbons (Fsp3) is 0.393. The molecule has 34 heavy (non-hydrogen) atoms. The van der Waals surface area contributed by atoms with Crippen LogP contribution in [0.2, 0.25) is 0 Å². The standard InChI is InChI=1S/C28H34N2O4/c1-7-11-24-29-19(3)25(27(32)33-8-2)30(24)18-20-14-16-21(17-15-20)22-12-9-10-13-23(22)26(31)34-28(4,5)6/h9-10,12-17H,7-8,11,18H2,1-6H3. The van der Waals surface area contributed by atoms with Crippen LogP contribution in [0.25, 0.3) is 11.1 Å². The number of hydrogen-bond acceptors (Lipinski definition) is 5. The van der Waals surface area contributed by atoms with E-state index in [4.69, 9.17) is 9.47 Å². The first kappa shape index (κ1) is 25.2. The van der Waals surface area contributed by atoms with Crippen LogP contribution in [0.1, 0.15) is 79.0 Å². The van der Waals surface area contributed by atoms with E-state index in [1.165, 1.54) is 0 Å². The molecule has 0 bridgehead atoms. The molecule has 0 saturated heterocycles. The lowest BCUT2D eigenvalue weighted by Gasteiger charge is -2.20. The summed E-state index contributed by atoms with van der Waals surface area (Å²) >= 11 is 0. The highest BCUT2D eigenvalue weighted by Gasteiger charge is 2.22. The van der Waals surface area contributed by atoms with E-state index in [2.05, 4.69) is 11.9 Å². The van der Waals surface area contributed by atoms with E-state index >= 15 is 0 Å². The van der Waals surface area contributed by atoms with Gasteiger partial charge in [-0.15, -0.1) is 0 Å². The molecule has 0 fully saturated rings. The van der Waals surface area contributed by atoms with Crippen LogP contribution >= 0.6 is 0 Å². The Morgan fingerprint density at radius 3 is 2.26 bits per heavy atom. The van der Waals surface area contributed by atoms with Gasteiger partial charge in [-0.1, -0.05) is 49.4 Å². The molecule has 6 heteroatoms. The number of imidazole rings is 1. The number of carbonyl (C=O) groups excluding carboxylic acids is 2. The molecule has 2 aromatic carbocycles. The Morgan fingerprint density at radius 1 is 0.971 bits per heavy atom. The van der Waals surface area contributed by atoms with E-state index in [-0.39, 0.29) is 11.9 Å². The molecule has 180 valence electrons. The van der Waals surface area contributed by atoms with Crippen molar-refractivity contribution in [2.24, 2.45) is 0 Å². The summed E-state index contributed by atoms with van der Waals surface area (Å²) in [6.07, 6.45) is 1.71. The van der Waals surface area contributed by atoms with Gasteiger partial charge in [0, 0.05) is 13.0 Å². The molecule has 0 aliphatic rings. The average Bonchev–Trinajstić information content (AvgIpc) is 3.08. The lowest BCUT2D eigenvalue weighted by atomic mass is 9.98. The maximum absolute atomic E-state index is 12.7. The lowest BCUT2D eigenvalue weighted by Crippen LogP contribution is -2.24. The summed E-state index contributed by atoms with van der Waals surface area (Å²) in [6.45, 7) is 12.1. The highest BCUT2D eigenvalue weighted by Crippen LogP contribution is 2.27. The summed E-state index contributed by atoms with van der Waals surface area (Å²) in [5, 5.41) is 0. The van der Waals surface area contributed by atoms with Crippen molar-refractivity contribution in [2.75, 3.05) is 6.61 Å². The molecular formula is C28H34N2O4. The van der Waals surface area contributed by atoms with Gasteiger partial charge in [0.2, 0.25) is 0 Å². The van der Waals surface area contributed by atoms with Gasteiger partial charge in [0.1, 0.15) is 11.4 Å². The Hall–Kier alpha value is -3.41. The molecule has 6 nitrogen and oxygen atoms in total. The van der Waals surface area contributed by atoms with Gasteiger partial charge < -0.3 is 14.0 Å². The number of carbonyl (C=O) groups is 2. The van der Waals surface area contributed by atoms with Gasteiger partial charge in [-0.3, -0.25) is 0 Å². The SMILES string of the molecule is CCCc1nc(C)c(C(=O)OCC)n1Cc1ccc(-c2ccccc2C(=O)OC(C)(C)C)cc1. The predicted molar refractivity (Wildman–Crippen MR) is 133 cm³/mol. The molecule has 0 atom stereocenters. The number of benzene rings is 2. The molecule has 1 aromatic heterocycles. The number of nitrogens with zero attached hydrogens (tertiary/aromatic N) is 2.